The van der Waals surface area contributed by atoms with Crippen molar-refractivity contribution in [3.05, 3.63) is 34.4 Å². The summed E-state index contributed by atoms with van der Waals surface area (Å²) < 4.78 is 4.58. The Morgan fingerprint density at radius 3 is 2.88 bits per heavy atom. The molecule has 16 heavy (non-hydrogen) atoms. The average Bonchev–Trinajstić information content (AvgIpc) is 2.29. The van der Waals surface area contributed by atoms with Crippen molar-refractivity contribution < 1.29 is 9.21 Å². The summed E-state index contributed by atoms with van der Waals surface area (Å²) >= 11 is 0. The minimum Gasteiger partial charge on any atom is -0.430 e. The van der Waals surface area contributed by atoms with Gasteiger partial charge in [0.05, 0.1) is 5.56 Å². The van der Waals surface area contributed by atoms with E-state index >= 15 is 0 Å². The van der Waals surface area contributed by atoms with Crippen LogP contribution in [0.3, 0.4) is 0 Å². The van der Waals surface area contributed by atoms with Gasteiger partial charge in [0.25, 0.3) is 5.91 Å². The van der Waals surface area contributed by atoms with Crippen molar-refractivity contribution in [1.29, 1.82) is 0 Å². The zero-order valence-corrected chi connectivity index (χ0v) is 8.86. The van der Waals surface area contributed by atoms with Crippen molar-refractivity contribution in [1.82, 2.24) is 5.32 Å². The zero-order chi connectivity index (χ0) is 11.8. The zero-order valence-electron chi connectivity index (χ0n) is 8.86. The van der Waals surface area contributed by atoms with Crippen molar-refractivity contribution in [3.63, 3.8) is 0 Å². The van der Waals surface area contributed by atoms with Gasteiger partial charge in [-0.25, -0.2) is 4.79 Å². The van der Waals surface area contributed by atoms with Gasteiger partial charge < -0.3 is 9.73 Å². The van der Waals surface area contributed by atoms with E-state index in [2.05, 4.69) is 15.7 Å². The van der Waals surface area contributed by atoms with Crippen molar-refractivity contribution in [2.75, 3.05) is 6.54 Å². The fourth-order valence-corrected chi connectivity index (χ4v) is 1.14. The fraction of sp³-hybridized carbons (Fsp3) is 0.333. The first kappa shape index (κ1) is 12.1. The number of unbranched alkanes of at least 4 members (excludes halogenated alkanes) is 2. The van der Waals surface area contributed by atoms with Gasteiger partial charge in [-0.15, -0.1) is 12.3 Å². The Morgan fingerprint density at radius 2 is 2.25 bits per heavy atom. The highest BCUT2D eigenvalue weighted by Gasteiger charge is 2.04. The molecule has 1 amide bonds. The molecule has 0 spiro atoms. The third-order valence-electron chi connectivity index (χ3n) is 2.00. The summed E-state index contributed by atoms with van der Waals surface area (Å²) in [6.07, 6.45) is 8.70. The van der Waals surface area contributed by atoms with Crippen LogP contribution in [0.4, 0.5) is 0 Å². The van der Waals surface area contributed by atoms with Gasteiger partial charge in [-0.1, -0.05) is 0 Å². The average molecular weight is 219 g/mol. The van der Waals surface area contributed by atoms with E-state index in [0.29, 0.717) is 12.1 Å². The predicted octanol–water partition coefficient (Wildman–Crippen LogP) is 1.17. The Balaban J connectivity index is 2.33. The van der Waals surface area contributed by atoms with Gasteiger partial charge in [-0.3, -0.25) is 4.79 Å². The maximum atomic E-state index is 11.5. The van der Waals surface area contributed by atoms with E-state index < -0.39 is 5.63 Å². The van der Waals surface area contributed by atoms with Gasteiger partial charge in [-0.2, -0.15) is 0 Å². The minimum absolute atomic E-state index is 0.246. The second kappa shape index (κ2) is 6.46. The Labute approximate surface area is 93.7 Å². The molecule has 0 radical (unpaired) electrons. The van der Waals surface area contributed by atoms with Crippen molar-refractivity contribution in [3.8, 4) is 12.3 Å². The second-order valence-electron chi connectivity index (χ2n) is 3.26. The second-order valence-corrected chi connectivity index (χ2v) is 3.26. The molecule has 0 atom stereocenters. The van der Waals surface area contributed by atoms with Crippen LogP contribution in [0.2, 0.25) is 0 Å². The van der Waals surface area contributed by atoms with Crippen LogP contribution in [0.25, 0.3) is 0 Å². The van der Waals surface area contributed by atoms with E-state index in [1.54, 1.807) is 0 Å². The lowest BCUT2D eigenvalue weighted by atomic mass is 10.2. The van der Waals surface area contributed by atoms with E-state index in [0.717, 1.165) is 25.5 Å². The lowest BCUT2D eigenvalue weighted by Gasteiger charge is -2.03. The molecule has 4 heteroatoms. The largest absolute Gasteiger partial charge is 0.430 e. The van der Waals surface area contributed by atoms with Crippen LogP contribution < -0.4 is 10.9 Å². The minimum atomic E-state index is -0.467. The SMILES string of the molecule is C#CCCCCNC(=O)c1ccc(=O)oc1. The molecule has 84 valence electrons. The van der Waals surface area contributed by atoms with Gasteiger partial charge >= 0.3 is 5.63 Å². The van der Waals surface area contributed by atoms with Gasteiger partial charge in [-0.05, 0) is 18.9 Å². The highest BCUT2D eigenvalue weighted by molar-refractivity contribution is 5.93. The lowest BCUT2D eigenvalue weighted by molar-refractivity contribution is 0.0950. The summed E-state index contributed by atoms with van der Waals surface area (Å²) in [6.45, 7) is 0.569. The summed E-state index contributed by atoms with van der Waals surface area (Å²) in [5.41, 5.74) is -0.123. The molecule has 0 saturated heterocycles. The molecule has 0 aliphatic heterocycles. The first-order chi connectivity index (χ1) is 7.74. The normalized spacial score (nSPS) is 9.44. The molecule has 0 aliphatic carbocycles. The number of amides is 1. The van der Waals surface area contributed by atoms with E-state index in [4.69, 9.17) is 6.42 Å². The first-order valence-corrected chi connectivity index (χ1v) is 5.04. The predicted molar refractivity (Wildman–Crippen MR) is 60.0 cm³/mol. The summed E-state index contributed by atoms with van der Waals surface area (Å²) in [5.74, 6) is 2.29. The fourth-order valence-electron chi connectivity index (χ4n) is 1.14. The highest BCUT2D eigenvalue weighted by Crippen LogP contribution is 1.96. The molecule has 0 fully saturated rings. The Bertz CT molecular complexity index is 422. The summed E-state index contributed by atoms with van der Waals surface area (Å²) in [6, 6.07) is 2.65. The van der Waals surface area contributed by atoms with E-state index in [-0.39, 0.29) is 5.91 Å². The van der Waals surface area contributed by atoms with Crippen LogP contribution in [-0.4, -0.2) is 12.5 Å². The molecule has 0 aliphatic rings. The molecule has 0 bridgehead atoms. The number of carbonyl (C=O) groups excluding carboxylic acids is 1. The van der Waals surface area contributed by atoms with Crippen molar-refractivity contribution in [2.24, 2.45) is 0 Å². The van der Waals surface area contributed by atoms with Crippen LogP contribution in [0, 0.1) is 12.3 Å². The van der Waals surface area contributed by atoms with Crippen molar-refractivity contribution in [2.45, 2.75) is 19.3 Å². The third-order valence-corrected chi connectivity index (χ3v) is 2.00. The molecular weight excluding hydrogens is 206 g/mol. The van der Waals surface area contributed by atoms with Crippen molar-refractivity contribution >= 4 is 5.91 Å². The Hall–Kier alpha value is -2.02. The van der Waals surface area contributed by atoms with Gasteiger partial charge in [0.2, 0.25) is 0 Å². The topological polar surface area (TPSA) is 59.3 Å². The molecule has 0 saturated carbocycles. The quantitative estimate of drug-likeness (QED) is 0.597. The monoisotopic (exact) mass is 219 g/mol. The van der Waals surface area contributed by atoms with E-state index in [1.807, 2.05) is 0 Å². The molecule has 0 aromatic carbocycles. The molecule has 1 N–H and O–H groups in total. The number of hydrogen-bond donors (Lipinski definition) is 1. The molecule has 1 aromatic heterocycles. The van der Waals surface area contributed by atoms with Crippen LogP contribution in [0.5, 0.6) is 0 Å². The number of hydrogen-bond acceptors (Lipinski definition) is 3. The number of rotatable bonds is 5. The summed E-state index contributed by atoms with van der Waals surface area (Å²) in [5, 5.41) is 2.71. The third kappa shape index (κ3) is 4.01. The summed E-state index contributed by atoms with van der Waals surface area (Å²) in [7, 11) is 0. The van der Waals surface area contributed by atoms with Crippen LogP contribution in [0.15, 0.2) is 27.6 Å². The smallest absolute Gasteiger partial charge is 0.335 e. The van der Waals surface area contributed by atoms with Gasteiger partial charge in [0.15, 0.2) is 0 Å². The number of carbonyl (C=O) groups is 1. The molecule has 4 nitrogen and oxygen atoms in total. The molecule has 1 aromatic rings. The number of nitrogens with one attached hydrogen (secondary N) is 1. The Morgan fingerprint density at radius 1 is 1.44 bits per heavy atom. The van der Waals surface area contributed by atoms with Crippen LogP contribution in [0.1, 0.15) is 29.6 Å². The number of terminal acetylenes is 1. The summed E-state index contributed by atoms with van der Waals surface area (Å²) in [4.78, 5) is 22.1. The molecule has 1 heterocycles. The standard InChI is InChI=1S/C12H13NO3/c1-2-3-4-5-8-13-12(15)10-6-7-11(14)16-9-10/h1,6-7,9H,3-5,8H2,(H,13,15). The lowest BCUT2D eigenvalue weighted by Crippen LogP contribution is -2.24. The van der Waals surface area contributed by atoms with Gasteiger partial charge in [0.1, 0.15) is 6.26 Å². The first-order valence-electron chi connectivity index (χ1n) is 5.04. The maximum Gasteiger partial charge on any atom is 0.335 e. The Kier molecular flexibility index (Phi) is 4.87. The van der Waals surface area contributed by atoms with Gasteiger partial charge in [0, 0.05) is 19.0 Å². The molecular formula is C12H13NO3. The van der Waals surface area contributed by atoms with Crippen LogP contribution in [-0.2, 0) is 0 Å². The maximum absolute atomic E-state index is 11.5. The molecule has 1 rings (SSSR count). The van der Waals surface area contributed by atoms with Crippen LogP contribution >= 0.6 is 0 Å². The van der Waals surface area contributed by atoms with E-state index in [9.17, 15) is 9.59 Å². The molecule has 0 unspecified atom stereocenters. The van der Waals surface area contributed by atoms with E-state index in [1.165, 1.54) is 12.1 Å². The highest BCUT2D eigenvalue weighted by atomic mass is 16.4.